The first-order valence-corrected chi connectivity index (χ1v) is 7.21. The zero-order valence-corrected chi connectivity index (χ0v) is 12.3. The molecule has 1 N–H and O–H groups in total. The maximum atomic E-state index is 12.1. The fourth-order valence-corrected chi connectivity index (χ4v) is 2.07. The van der Waals surface area contributed by atoms with E-state index >= 15 is 0 Å². The molecule has 124 valence electrons. The van der Waals surface area contributed by atoms with Gasteiger partial charge in [-0.25, -0.2) is 4.98 Å². The Morgan fingerprint density at radius 3 is 2.87 bits per heavy atom. The summed E-state index contributed by atoms with van der Waals surface area (Å²) >= 11 is 0. The van der Waals surface area contributed by atoms with Crippen LogP contribution in [0.25, 0.3) is 11.1 Å². The summed E-state index contributed by atoms with van der Waals surface area (Å²) < 4.78 is 46.3. The van der Waals surface area contributed by atoms with Crippen LogP contribution in [0, 0.1) is 0 Å². The lowest BCUT2D eigenvalue weighted by atomic mass is 10.2. The first-order chi connectivity index (χ1) is 10.8. The number of alkyl halides is 3. The smallest absolute Gasteiger partial charge is 0.411 e. The topological polar surface area (TPSA) is 64.4 Å². The normalized spacial score (nSPS) is 16.5. The summed E-state index contributed by atoms with van der Waals surface area (Å²) in [6, 6.07) is 4.91. The van der Waals surface area contributed by atoms with E-state index < -0.39 is 24.8 Å². The lowest BCUT2D eigenvalue weighted by Crippen LogP contribution is -2.31. The molecule has 0 saturated heterocycles. The van der Waals surface area contributed by atoms with E-state index in [9.17, 15) is 18.0 Å². The molecule has 5 nitrogen and oxygen atoms in total. The predicted octanol–water partition coefficient (Wildman–Crippen LogP) is 3.61. The molecular weight excluding hydrogens is 313 g/mol. The molecule has 8 heteroatoms. The van der Waals surface area contributed by atoms with Crippen molar-refractivity contribution in [3.05, 3.63) is 24.1 Å². The molecule has 2 aromatic rings. The minimum atomic E-state index is -4.46. The van der Waals surface area contributed by atoms with Gasteiger partial charge in [0.1, 0.15) is 18.2 Å². The van der Waals surface area contributed by atoms with Gasteiger partial charge in [-0.2, -0.15) is 13.2 Å². The van der Waals surface area contributed by atoms with Gasteiger partial charge in [-0.05, 0) is 38.0 Å². The van der Waals surface area contributed by atoms with E-state index in [0.29, 0.717) is 28.6 Å². The molecule has 1 aromatic heterocycles. The van der Waals surface area contributed by atoms with Crippen LogP contribution in [0.15, 0.2) is 22.6 Å². The van der Waals surface area contributed by atoms with E-state index in [1.807, 2.05) is 0 Å². The van der Waals surface area contributed by atoms with E-state index in [2.05, 4.69) is 15.0 Å². The van der Waals surface area contributed by atoms with Crippen LogP contribution in [0.4, 0.5) is 18.9 Å². The van der Waals surface area contributed by atoms with Gasteiger partial charge >= 0.3 is 6.18 Å². The van der Waals surface area contributed by atoms with Crippen molar-refractivity contribution in [1.29, 1.82) is 0 Å². The van der Waals surface area contributed by atoms with E-state index in [4.69, 9.17) is 4.42 Å². The number of carbonyl (C=O) groups excluding carboxylic acids is 1. The monoisotopic (exact) mass is 328 g/mol. The summed E-state index contributed by atoms with van der Waals surface area (Å²) in [6.07, 6.45) is -3.56. The van der Waals surface area contributed by atoms with Gasteiger partial charge in [0.2, 0.25) is 0 Å². The Hall–Kier alpha value is -2.09. The van der Waals surface area contributed by atoms with Gasteiger partial charge in [0.15, 0.2) is 11.5 Å². The van der Waals surface area contributed by atoms with Crippen LogP contribution < -0.4 is 5.32 Å². The number of anilines is 1. The third kappa shape index (κ3) is 4.01. The molecular formula is C15H15F3N2O3. The Morgan fingerprint density at radius 1 is 1.48 bits per heavy atom. The number of hydrogen-bond acceptors (Lipinski definition) is 4. The SMILES string of the molecule is C[C@H](OCC(F)(F)F)C(=O)Nc1ccc2oc(C3CC3)nc2c1. The van der Waals surface area contributed by atoms with Crippen molar-refractivity contribution in [2.45, 2.75) is 38.0 Å². The summed E-state index contributed by atoms with van der Waals surface area (Å²) in [7, 11) is 0. The highest BCUT2D eigenvalue weighted by Crippen LogP contribution is 2.40. The molecule has 1 atom stereocenters. The lowest BCUT2D eigenvalue weighted by molar-refractivity contribution is -0.184. The fourth-order valence-electron chi connectivity index (χ4n) is 2.07. The van der Waals surface area contributed by atoms with Crippen molar-refractivity contribution < 1.29 is 27.1 Å². The van der Waals surface area contributed by atoms with Crippen LogP contribution in [0.5, 0.6) is 0 Å². The third-order valence-electron chi connectivity index (χ3n) is 3.46. The highest BCUT2D eigenvalue weighted by Gasteiger charge is 2.30. The van der Waals surface area contributed by atoms with Gasteiger partial charge in [0.25, 0.3) is 5.91 Å². The molecule has 1 heterocycles. The zero-order chi connectivity index (χ0) is 16.6. The van der Waals surface area contributed by atoms with E-state index in [1.54, 1.807) is 18.2 Å². The van der Waals surface area contributed by atoms with Crippen molar-refractivity contribution in [3.8, 4) is 0 Å². The first-order valence-electron chi connectivity index (χ1n) is 7.21. The van der Waals surface area contributed by atoms with Crippen molar-refractivity contribution in [3.63, 3.8) is 0 Å². The molecule has 0 radical (unpaired) electrons. The molecule has 1 aromatic carbocycles. The van der Waals surface area contributed by atoms with E-state index in [1.165, 1.54) is 6.92 Å². The fraction of sp³-hybridized carbons (Fsp3) is 0.467. The van der Waals surface area contributed by atoms with Gasteiger partial charge in [0, 0.05) is 11.6 Å². The molecule has 0 bridgehead atoms. The average Bonchev–Trinajstić information content (AvgIpc) is 3.24. The number of carbonyl (C=O) groups is 1. The number of oxazole rings is 1. The van der Waals surface area contributed by atoms with Crippen LogP contribution in [-0.2, 0) is 9.53 Å². The lowest BCUT2D eigenvalue weighted by Gasteiger charge is -2.14. The molecule has 1 aliphatic carbocycles. The molecule has 0 aliphatic heterocycles. The van der Waals surface area contributed by atoms with E-state index in [-0.39, 0.29) is 0 Å². The summed E-state index contributed by atoms with van der Waals surface area (Å²) in [6.45, 7) is -0.199. The summed E-state index contributed by atoms with van der Waals surface area (Å²) in [5.41, 5.74) is 1.65. The molecule has 1 aliphatic rings. The number of fused-ring (bicyclic) bond motifs is 1. The molecule has 1 saturated carbocycles. The number of nitrogens with one attached hydrogen (secondary N) is 1. The Morgan fingerprint density at radius 2 is 2.22 bits per heavy atom. The Labute approximate surface area is 129 Å². The van der Waals surface area contributed by atoms with Gasteiger partial charge in [-0.15, -0.1) is 0 Å². The number of benzene rings is 1. The number of aromatic nitrogens is 1. The van der Waals surface area contributed by atoms with Crippen molar-refractivity contribution in [2.24, 2.45) is 0 Å². The molecule has 1 fully saturated rings. The van der Waals surface area contributed by atoms with Crippen LogP contribution in [0.2, 0.25) is 0 Å². The first kappa shape index (κ1) is 15.8. The maximum Gasteiger partial charge on any atom is 0.411 e. The Kier molecular flexibility index (Phi) is 4.01. The highest BCUT2D eigenvalue weighted by atomic mass is 19.4. The number of nitrogens with zero attached hydrogens (tertiary/aromatic N) is 1. The van der Waals surface area contributed by atoms with Crippen LogP contribution in [0.3, 0.4) is 0 Å². The standard InChI is InChI=1S/C15H15F3N2O3/c1-8(22-7-15(16,17)18)13(21)19-10-4-5-12-11(6-10)20-14(23-12)9-2-3-9/h4-6,8-9H,2-3,7H2,1H3,(H,19,21)/t8-/m0/s1. The summed E-state index contributed by atoms with van der Waals surface area (Å²) in [4.78, 5) is 16.2. The van der Waals surface area contributed by atoms with E-state index in [0.717, 1.165) is 12.8 Å². The van der Waals surface area contributed by atoms with Gasteiger partial charge in [-0.3, -0.25) is 4.79 Å². The number of hydrogen-bond donors (Lipinski definition) is 1. The zero-order valence-electron chi connectivity index (χ0n) is 12.3. The quantitative estimate of drug-likeness (QED) is 0.910. The largest absolute Gasteiger partial charge is 0.440 e. The summed E-state index contributed by atoms with van der Waals surface area (Å²) in [5.74, 6) is 0.404. The maximum absolute atomic E-state index is 12.1. The minimum Gasteiger partial charge on any atom is -0.440 e. The van der Waals surface area contributed by atoms with Crippen LogP contribution >= 0.6 is 0 Å². The number of ether oxygens (including phenoxy) is 1. The van der Waals surface area contributed by atoms with Crippen molar-refractivity contribution >= 4 is 22.7 Å². The Balaban J connectivity index is 1.64. The third-order valence-corrected chi connectivity index (χ3v) is 3.46. The average molecular weight is 328 g/mol. The van der Waals surface area contributed by atoms with Crippen molar-refractivity contribution in [1.82, 2.24) is 4.98 Å². The predicted molar refractivity (Wildman–Crippen MR) is 76.1 cm³/mol. The van der Waals surface area contributed by atoms with Gasteiger partial charge in [0.05, 0.1) is 0 Å². The van der Waals surface area contributed by atoms with Gasteiger partial charge < -0.3 is 14.5 Å². The Bertz CT molecular complexity index is 722. The molecule has 0 spiro atoms. The molecule has 23 heavy (non-hydrogen) atoms. The van der Waals surface area contributed by atoms with Crippen LogP contribution in [-0.4, -0.2) is 29.8 Å². The van der Waals surface area contributed by atoms with Crippen molar-refractivity contribution in [2.75, 3.05) is 11.9 Å². The minimum absolute atomic E-state index is 0.372. The second-order valence-electron chi connectivity index (χ2n) is 5.57. The second-order valence-corrected chi connectivity index (χ2v) is 5.57. The van der Waals surface area contributed by atoms with Gasteiger partial charge in [-0.1, -0.05) is 0 Å². The number of amides is 1. The second kappa shape index (κ2) is 5.84. The number of halogens is 3. The molecule has 1 amide bonds. The highest BCUT2D eigenvalue weighted by molar-refractivity contribution is 5.95. The number of rotatable bonds is 5. The van der Waals surface area contributed by atoms with Crippen LogP contribution in [0.1, 0.15) is 31.6 Å². The molecule has 3 rings (SSSR count). The molecule has 0 unspecified atom stereocenters. The summed E-state index contributed by atoms with van der Waals surface area (Å²) in [5, 5.41) is 2.51.